The zero-order valence-electron chi connectivity index (χ0n) is 13.1. The van der Waals surface area contributed by atoms with Gasteiger partial charge in [0, 0.05) is 17.0 Å². The van der Waals surface area contributed by atoms with Gasteiger partial charge in [-0.3, -0.25) is 10.2 Å². The molecule has 5 heteroatoms. The van der Waals surface area contributed by atoms with Crippen LogP contribution in [-0.4, -0.2) is 16.6 Å². The van der Waals surface area contributed by atoms with E-state index >= 15 is 0 Å². The van der Waals surface area contributed by atoms with Crippen molar-refractivity contribution in [1.82, 2.24) is 5.43 Å². The Bertz CT molecular complexity index is 653. The van der Waals surface area contributed by atoms with Crippen molar-refractivity contribution < 1.29 is 4.79 Å². The third-order valence-corrected chi connectivity index (χ3v) is 5.79. The molecule has 0 spiro atoms. The lowest BCUT2D eigenvalue weighted by atomic mass is 9.70. The quantitative estimate of drug-likeness (QED) is 0.649. The lowest BCUT2D eigenvalue weighted by Crippen LogP contribution is -2.34. The number of benzene rings is 1. The van der Waals surface area contributed by atoms with Crippen LogP contribution in [-0.2, 0) is 4.79 Å². The second-order valence-corrected chi connectivity index (χ2v) is 7.31. The topological polar surface area (TPSA) is 53.5 Å². The molecule has 0 unspecified atom stereocenters. The average Bonchev–Trinajstić information content (AvgIpc) is 2.79. The molecular weight excluding hydrogens is 294 g/mol. The number of carbonyl (C=O) groups excluding carboxylic acids is 1. The molecule has 22 heavy (non-hydrogen) atoms. The Labute approximate surface area is 136 Å². The molecule has 0 aromatic heterocycles. The van der Waals surface area contributed by atoms with Crippen LogP contribution >= 0.6 is 12.2 Å². The van der Waals surface area contributed by atoms with Crippen LogP contribution in [0.4, 0.5) is 5.69 Å². The third kappa shape index (κ3) is 2.15. The number of para-hydroxylation sites is 1. The van der Waals surface area contributed by atoms with Crippen molar-refractivity contribution in [2.45, 2.75) is 33.6 Å². The predicted octanol–water partition coefficient (Wildman–Crippen LogP) is 3.35. The molecular formula is C17H21N3OS. The highest BCUT2D eigenvalue weighted by Gasteiger charge is 2.65. The van der Waals surface area contributed by atoms with Crippen molar-refractivity contribution in [3.8, 4) is 0 Å². The first-order chi connectivity index (χ1) is 10.4. The maximum absolute atomic E-state index is 12.6. The fourth-order valence-electron chi connectivity index (χ4n) is 3.75. The third-order valence-electron chi connectivity index (χ3n) is 5.60. The van der Waals surface area contributed by atoms with Crippen molar-refractivity contribution in [1.29, 1.82) is 0 Å². The van der Waals surface area contributed by atoms with E-state index in [1.54, 1.807) is 0 Å². The maximum atomic E-state index is 12.6. The lowest BCUT2D eigenvalue weighted by Gasteiger charge is -2.31. The Balaban J connectivity index is 1.72. The number of carbonyl (C=O) groups is 1. The number of hydrogen-bond acceptors (Lipinski definition) is 3. The summed E-state index contributed by atoms with van der Waals surface area (Å²) < 4.78 is 0. The van der Waals surface area contributed by atoms with E-state index in [0.29, 0.717) is 10.8 Å². The summed E-state index contributed by atoms with van der Waals surface area (Å²) in [6, 6.07) is 9.65. The summed E-state index contributed by atoms with van der Waals surface area (Å²) in [7, 11) is 0. The molecule has 2 N–H and O–H groups in total. The summed E-state index contributed by atoms with van der Waals surface area (Å²) in [5.74, 6) is 0.390. The Hall–Kier alpha value is -1.75. The average molecular weight is 315 g/mol. The molecule has 1 aromatic carbocycles. The van der Waals surface area contributed by atoms with Gasteiger partial charge in [-0.2, -0.15) is 5.10 Å². The summed E-state index contributed by atoms with van der Waals surface area (Å²) >= 11 is 5.24. The highest BCUT2D eigenvalue weighted by atomic mass is 32.1. The van der Waals surface area contributed by atoms with Gasteiger partial charge in [0.1, 0.15) is 5.71 Å². The highest BCUT2D eigenvalue weighted by molar-refractivity contribution is 7.80. The van der Waals surface area contributed by atoms with Gasteiger partial charge in [0.2, 0.25) is 0 Å². The molecule has 0 aliphatic heterocycles. The molecule has 0 saturated heterocycles. The van der Waals surface area contributed by atoms with Crippen LogP contribution in [0.2, 0.25) is 0 Å². The Morgan fingerprint density at radius 3 is 2.55 bits per heavy atom. The molecule has 2 saturated carbocycles. The van der Waals surface area contributed by atoms with Gasteiger partial charge in [0.05, 0.1) is 0 Å². The second-order valence-electron chi connectivity index (χ2n) is 6.90. The van der Waals surface area contributed by atoms with Crippen molar-refractivity contribution in [3.63, 3.8) is 0 Å². The summed E-state index contributed by atoms with van der Waals surface area (Å²) in [5, 5.41) is 7.79. The van der Waals surface area contributed by atoms with Gasteiger partial charge in [-0.1, -0.05) is 39.0 Å². The van der Waals surface area contributed by atoms with E-state index in [9.17, 15) is 4.79 Å². The molecule has 4 nitrogen and oxygen atoms in total. The number of anilines is 1. The van der Waals surface area contributed by atoms with Crippen molar-refractivity contribution in [2.24, 2.45) is 21.8 Å². The van der Waals surface area contributed by atoms with Crippen LogP contribution in [0, 0.1) is 16.7 Å². The largest absolute Gasteiger partial charge is 0.331 e. The number of nitrogens with zero attached hydrogens (tertiary/aromatic N) is 1. The van der Waals surface area contributed by atoms with Gasteiger partial charge in [-0.25, -0.2) is 0 Å². The van der Waals surface area contributed by atoms with E-state index in [-0.39, 0.29) is 22.5 Å². The molecule has 0 amide bonds. The van der Waals surface area contributed by atoms with Gasteiger partial charge >= 0.3 is 0 Å². The maximum Gasteiger partial charge on any atom is 0.191 e. The van der Waals surface area contributed by atoms with Crippen LogP contribution in [0.5, 0.6) is 0 Å². The number of hydrazone groups is 1. The summed E-state index contributed by atoms with van der Waals surface area (Å²) in [6.45, 7) is 6.41. The van der Waals surface area contributed by atoms with Crippen LogP contribution in [0.3, 0.4) is 0 Å². The van der Waals surface area contributed by atoms with E-state index < -0.39 is 0 Å². The van der Waals surface area contributed by atoms with E-state index in [4.69, 9.17) is 12.2 Å². The van der Waals surface area contributed by atoms with Gasteiger partial charge in [-0.15, -0.1) is 0 Å². The van der Waals surface area contributed by atoms with Crippen LogP contribution < -0.4 is 10.7 Å². The first-order valence-corrected chi connectivity index (χ1v) is 8.01. The minimum atomic E-state index is -0.285. The minimum Gasteiger partial charge on any atom is -0.331 e. The van der Waals surface area contributed by atoms with Crippen molar-refractivity contribution in [2.75, 3.05) is 5.32 Å². The standard InChI is InChI=1S/C17H21N3OS/c1-16(2)12-9-10-17(16,3)14(21)13(12)19-20-15(22)18-11-7-5-4-6-8-11/h4-8,12H,9-10H2,1-3H3,(H2,18,20,22)/b19-13+/t12-,17+/m0/s1. The first-order valence-electron chi connectivity index (χ1n) is 7.61. The molecule has 2 bridgehead atoms. The molecule has 2 atom stereocenters. The van der Waals surface area contributed by atoms with E-state index in [1.165, 1.54) is 0 Å². The zero-order valence-corrected chi connectivity index (χ0v) is 14.0. The normalized spacial score (nSPS) is 30.6. The zero-order chi connectivity index (χ0) is 16.0. The molecule has 2 aliphatic carbocycles. The molecule has 1 aromatic rings. The highest BCUT2D eigenvalue weighted by Crippen LogP contribution is 2.62. The molecule has 0 heterocycles. The van der Waals surface area contributed by atoms with Crippen LogP contribution in [0.15, 0.2) is 35.4 Å². The van der Waals surface area contributed by atoms with E-state index in [1.807, 2.05) is 30.3 Å². The van der Waals surface area contributed by atoms with Crippen LogP contribution in [0.1, 0.15) is 33.6 Å². The summed E-state index contributed by atoms with van der Waals surface area (Å²) in [4.78, 5) is 12.6. The smallest absolute Gasteiger partial charge is 0.191 e. The Morgan fingerprint density at radius 1 is 1.27 bits per heavy atom. The predicted molar refractivity (Wildman–Crippen MR) is 92.9 cm³/mol. The SMILES string of the molecule is CC1(C)[C@H]2CC[C@]1(C)C(=O)/C2=N/NC(=S)Nc1ccccc1. The van der Waals surface area contributed by atoms with Gasteiger partial charge in [-0.05, 0) is 42.6 Å². The number of nitrogens with one attached hydrogen (secondary N) is 2. The number of fused-ring (bicyclic) bond motifs is 2. The number of rotatable bonds is 2. The Kier molecular flexibility index (Phi) is 3.56. The number of hydrogen-bond donors (Lipinski definition) is 2. The molecule has 2 fully saturated rings. The number of Topliss-reactive ketones (excluding diaryl/α,β-unsaturated/α-hetero) is 1. The molecule has 3 rings (SSSR count). The van der Waals surface area contributed by atoms with Crippen LogP contribution in [0.25, 0.3) is 0 Å². The monoisotopic (exact) mass is 315 g/mol. The fraction of sp³-hybridized carbons (Fsp3) is 0.471. The minimum absolute atomic E-state index is 0.0287. The van der Waals surface area contributed by atoms with E-state index in [0.717, 1.165) is 18.5 Å². The molecule has 0 radical (unpaired) electrons. The van der Waals surface area contributed by atoms with Crippen molar-refractivity contribution >= 4 is 34.5 Å². The molecule has 2 aliphatic rings. The number of ketones is 1. The van der Waals surface area contributed by atoms with E-state index in [2.05, 4.69) is 36.6 Å². The second kappa shape index (κ2) is 5.16. The van der Waals surface area contributed by atoms with Gasteiger partial charge < -0.3 is 5.32 Å². The molecule has 116 valence electrons. The number of thiocarbonyl (C=S) groups is 1. The van der Waals surface area contributed by atoms with Gasteiger partial charge in [0.25, 0.3) is 0 Å². The summed E-state index contributed by atoms with van der Waals surface area (Å²) in [5.41, 5.74) is 4.06. The summed E-state index contributed by atoms with van der Waals surface area (Å²) in [6.07, 6.45) is 1.98. The lowest BCUT2D eigenvalue weighted by molar-refractivity contribution is -0.123. The Morgan fingerprint density at radius 2 is 1.95 bits per heavy atom. The first kappa shape index (κ1) is 15.2. The van der Waals surface area contributed by atoms with Gasteiger partial charge in [0.15, 0.2) is 10.9 Å². The van der Waals surface area contributed by atoms with Crippen molar-refractivity contribution in [3.05, 3.63) is 30.3 Å². The fourth-order valence-corrected chi connectivity index (χ4v) is 3.91.